The molecule has 2 heteroatoms. The lowest BCUT2D eigenvalue weighted by molar-refractivity contribution is 0.0704. The quantitative estimate of drug-likeness (QED) is 0.743. The van der Waals surface area contributed by atoms with E-state index in [9.17, 15) is 0 Å². The van der Waals surface area contributed by atoms with Crippen molar-refractivity contribution in [2.75, 3.05) is 14.2 Å². The maximum absolute atomic E-state index is 5.59. The largest absolute Gasteiger partial charge is 0.375 e. The van der Waals surface area contributed by atoms with E-state index in [4.69, 9.17) is 4.74 Å². The van der Waals surface area contributed by atoms with Gasteiger partial charge in [0.1, 0.15) is 0 Å². The first-order valence-corrected chi connectivity index (χ1v) is 5.58. The summed E-state index contributed by atoms with van der Waals surface area (Å²) >= 11 is 0. The monoisotopic (exact) mass is 219 g/mol. The molecule has 0 aliphatic rings. The zero-order valence-corrected chi connectivity index (χ0v) is 10.4. The smallest absolute Gasteiger partial charge is 0.0977 e. The first kappa shape index (κ1) is 12.9. The van der Waals surface area contributed by atoms with Gasteiger partial charge in [-0.3, -0.25) is 0 Å². The lowest BCUT2D eigenvalue weighted by Gasteiger charge is -2.26. The van der Waals surface area contributed by atoms with Crippen LogP contribution in [0.25, 0.3) is 0 Å². The highest BCUT2D eigenvalue weighted by Crippen LogP contribution is 2.23. The van der Waals surface area contributed by atoms with Gasteiger partial charge in [-0.15, -0.1) is 6.58 Å². The summed E-state index contributed by atoms with van der Waals surface area (Å²) in [4.78, 5) is 0. The minimum Gasteiger partial charge on any atom is -0.375 e. The summed E-state index contributed by atoms with van der Waals surface area (Å²) in [6.45, 7) is 6.00. The van der Waals surface area contributed by atoms with Crippen LogP contribution in [0, 0.1) is 0 Å². The van der Waals surface area contributed by atoms with Crippen molar-refractivity contribution < 1.29 is 4.74 Å². The second-order valence-electron chi connectivity index (χ2n) is 4.12. The Morgan fingerprint density at radius 3 is 2.44 bits per heavy atom. The molecule has 2 nitrogen and oxygen atoms in total. The number of rotatable bonds is 6. The van der Waals surface area contributed by atoms with Gasteiger partial charge in [-0.05, 0) is 26.0 Å². The molecule has 1 aromatic rings. The van der Waals surface area contributed by atoms with Crippen LogP contribution in [-0.4, -0.2) is 20.2 Å². The van der Waals surface area contributed by atoms with Gasteiger partial charge in [-0.2, -0.15) is 0 Å². The lowest BCUT2D eigenvalue weighted by Crippen LogP contribution is -2.33. The van der Waals surface area contributed by atoms with Crippen molar-refractivity contribution in [3.05, 3.63) is 48.0 Å². The standard InChI is InChI=1S/C14H21NO/c1-11(2)10-13(15-3)14(16-4)12-8-6-5-7-9-12/h5-9,13-15H,1,10H2,2-4H3. The minimum absolute atomic E-state index is 0.0721. The highest BCUT2D eigenvalue weighted by Gasteiger charge is 2.21. The van der Waals surface area contributed by atoms with Gasteiger partial charge in [0.25, 0.3) is 0 Å². The number of benzene rings is 1. The number of methoxy groups -OCH3 is 1. The molecule has 1 N–H and O–H groups in total. The van der Waals surface area contributed by atoms with Crippen molar-refractivity contribution in [1.82, 2.24) is 5.32 Å². The van der Waals surface area contributed by atoms with E-state index in [0.29, 0.717) is 0 Å². The van der Waals surface area contributed by atoms with Crippen molar-refractivity contribution >= 4 is 0 Å². The predicted molar refractivity (Wildman–Crippen MR) is 68.5 cm³/mol. The Balaban J connectivity index is 2.83. The van der Waals surface area contributed by atoms with Gasteiger partial charge >= 0.3 is 0 Å². The molecule has 1 aromatic carbocycles. The third kappa shape index (κ3) is 3.47. The van der Waals surface area contributed by atoms with Gasteiger partial charge in [0.2, 0.25) is 0 Å². The molecule has 0 saturated heterocycles. The maximum Gasteiger partial charge on any atom is 0.0977 e. The number of hydrogen-bond acceptors (Lipinski definition) is 2. The van der Waals surface area contributed by atoms with Crippen LogP contribution < -0.4 is 5.32 Å². The van der Waals surface area contributed by atoms with E-state index in [0.717, 1.165) is 12.0 Å². The van der Waals surface area contributed by atoms with Crippen molar-refractivity contribution in [1.29, 1.82) is 0 Å². The molecule has 88 valence electrons. The molecule has 2 atom stereocenters. The topological polar surface area (TPSA) is 21.3 Å². The zero-order chi connectivity index (χ0) is 12.0. The number of ether oxygens (including phenoxy) is 1. The molecule has 0 bridgehead atoms. The fourth-order valence-corrected chi connectivity index (χ4v) is 1.91. The molecule has 1 rings (SSSR count). The molecule has 0 aromatic heterocycles. The van der Waals surface area contributed by atoms with E-state index >= 15 is 0 Å². The Kier molecular flexibility index (Phi) is 5.23. The molecule has 0 spiro atoms. The summed E-state index contributed by atoms with van der Waals surface area (Å²) in [5.41, 5.74) is 2.36. The van der Waals surface area contributed by atoms with E-state index in [1.54, 1.807) is 7.11 Å². The maximum atomic E-state index is 5.59. The summed E-state index contributed by atoms with van der Waals surface area (Å²) < 4.78 is 5.59. The average Bonchev–Trinajstić information content (AvgIpc) is 2.29. The minimum atomic E-state index is 0.0721. The number of nitrogens with one attached hydrogen (secondary N) is 1. The normalized spacial score (nSPS) is 14.4. The Hall–Kier alpha value is -1.12. The molecular formula is C14H21NO. The van der Waals surface area contributed by atoms with Crippen LogP contribution in [-0.2, 0) is 4.74 Å². The molecule has 2 unspecified atom stereocenters. The van der Waals surface area contributed by atoms with Gasteiger partial charge in [0.05, 0.1) is 6.10 Å². The highest BCUT2D eigenvalue weighted by molar-refractivity contribution is 5.20. The van der Waals surface area contributed by atoms with E-state index in [-0.39, 0.29) is 12.1 Å². The van der Waals surface area contributed by atoms with E-state index in [2.05, 4.69) is 24.0 Å². The zero-order valence-electron chi connectivity index (χ0n) is 10.4. The van der Waals surface area contributed by atoms with Gasteiger partial charge in [-0.1, -0.05) is 35.9 Å². The summed E-state index contributed by atoms with van der Waals surface area (Å²) in [7, 11) is 3.71. The molecule has 0 heterocycles. The fourth-order valence-electron chi connectivity index (χ4n) is 1.91. The molecule has 0 radical (unpaired) electrons. The lowest BCUT2D eigenvalue weighted by atomic mass is 9.97. The predicted octanol–water partition coefficient (Wildman–Crippen LogP) is 2.93. The van der Waals surface area contributed by atoms with Crippen LogP contribution in [0.4, 0.5) is 0 Å². The van der Waals surface area contributed by atoms with Crippen LogP contribution in [0.1, 0.15) is 25.0 Å². The third-order valence-corrected chi connectivity index (χ3v) is 2.69. The van der Waals surface area contributed by atoms with Crippen molar-refractivity contribution in [3.8, 4) is 0 Å². The molecule has 0 aliphatic heterocycles. The van der Waals surface area contributed by atoms with Gasteiger partial charge in [0.15, 0.2) is 0 Å². The van der Waals surface area contributed by atoms with E-state index < -0.39 is 0 Å². The van der Waals surface area contributed by atoms with Crippen LogP contribution >= 0.6 is 0 Å². The van der Waals surface area contributed by atoms with Crippen LogP contribution in [0.15, 0.2) is 42.5 Å². The molecular weight excluding hydrogens is 198 g/mol. The fraction of sp³-hybridized carbons (Fsp3) is 0.429. The van der Waals surface area contributed by atoms with Gasteiger partial charge in [-0.25, -0.2) is 0 Å². The Labute approximate surface area is 98.3 Å². The Bertz CT molecular complexity index is 321. The first-order chi connectivity index (χ1) is 7.69. The van der Waals surface area contributed by atoms with Crippen LogP contribution in [0.2, 0.25) is 0 Å². The van der Waals surface area contributed by atoms with Crippen LogP contribution in [0.3, 0.4) is 0 Å². The summed E-state index contributed by atoms with van der Waals surface area (Å²) in [6, 6.07) is 10.5. The molecule has 0 amide bonds. The Morgan fingerprint density at radius 1 is 1.38 bits per heavy atom. The van der Waals surface area contributed by atoms with Crippen molar-refractivity contribution in [2.45, 2.75) is 25.5 Å². The van der Waals surface area contributed by atoms with E-state index in [1.165, 1.54) is 5.56 Å². The van der Waals surface area contributed by atoms with Gasteiger partial charge in [0, 0.05) is 13.2 Å². The number of hydrogen-bond donors (Lipinski definition) is 1. The summed E-state index contributed by atoms with van der Waals surface area (Å²) in [5.74, 6) is 0. The second kappa shape index (κ2) is 6.46. The first-order valence-electron chi connectivity index (χ1n) is 5.58. The highest BCUT2D eigenvalue weighted by atomic mass is 16.5. The van der Waals surface area contributed by atoms with Crippen molar-refractivity contribution in [2.24, 2.45) is 0 Å². The number of likely N-dealkylation sites (N-methyl/N-ethyl adjacent to an activating group) is 1. The molecule has 0 fully saturated rings. The molecule has 16 heavy (non-hydrogen) atoms. The summed E-state index contributed by atoms with van der Waals surface area (Å²) in [5, 5.41) is 3.30. The SMILES string of the molecule is C=C(C)CC(NC)C(OC)c1ccccc1. The molecule has 0 aliphatic carbocycles. The average molecular weight is 219 g/mol. The van der Waals surface area contributed by atoms with Crippen molar-refractivity contribution in [3.63, 3.8) is 0 Å². The van der Waals surface area contributed by atoms with Crippen LogP contribution in [0.5, 0.6) is 0 Å². The second-order valence-corrected chi connectivity index (χ2v) is 4.12. The molecule has 0 saturated carbocycles. The van der Waals surface area contributed by atoms with E-state index in [1.807, 2.05) is 32.2 Å². The Morgan fingerprint density at radius 2 is 2.00 bits per heavy atom. The summed E-state index contributed by atoms with van der Waals surface area (Å²) in [6.07, 6.45) is 0.993. The van der Waals surface area contributed by atoms with Gasteiger partial charge < -0.3 is 10.1 Å². The third-order valence-electron chi connectivity index (χ3n) is 2.69.